The van der Waals surface area contributed by atoms with Crippen LogP contribution in [0.1, 0.15) is 42.1 Å². The molecule has 0 spiro atoms. The molecule has 154 valence electrons. The second-order valence-electron chi connectivity index (χ2n) is 6.95. The first-order valence-electron chi connectivity index (χ1n) is 9.52. The maximum Gasteiger partial charge on any atom is 0.416 e. The van der Waals surface area contributed by atoms with Crippen molar-refractivity contribution in [3.63, 3.8) is 0 Å². The van der Waals surface area contributed by atoms with E-state index in [4.69, 9.17) is 4.74 Å². The molecule has 2 saturated heterocycles. The van der Waals surface area contributed by atoms with Gasteiger partial charge in [0, 0.05) is 18.7 Å². The number of alkyl halides is 3. The van der Waals surface area contributed by atoms with E-state index in [2.05, 4.69) is 20.9 Å². The molecule has 3 N–H and O–H groups in total. The Morgan fingerprint density at radius 1 is 1.21 bits per heavy atom. The molecule has 3 unspecified atom stereocenters. The van der Waals surface area contributed by atoms with Gasteiger partial charge in [0.05, 0.1) is 30.4 Å². The van der Waals surface area contributed by atoms with Crippen molar-refractivity contribution in [2.75, 3.05) is 19.6 Å². The minimum absolute atomic E-state index is 0.182. The highest BCUT2D eigenvalue weighted by molar-refractivity contribution is 5.94. The van der Waals surface area contributed by atoms with Crippen LogP contribution in [0.4, 0.5) is 13.2 Å². The number of hydrogen-bond acceptors (Lipinski definition) is 3. The highest BCUT2D eigenvalue weighted by atomic mass is 19.4. The van der Waals surface area contributed by atoms with Crippen molar-refractivity contribution >= 4 is 11.9 Å². The Morgan fingerprint density at radius 2 is 1.96 bits per heavy atom. The average Bonchev–Trinajstić information content (AvgIpc) is 3.27. The molecule has 1 aromatic carbocycles. The van der Waals surface area contributed by atoms with Gasteiger partial charge < -0.3 is 20.7 Å². The van der Waals surface area contributed by atoms with Gasteiger partial charge >= 0.3 is 6.18 Å². The maximum atomic E-state index is 12.6. The summed E-state index contributed by atoms with van der Waals surface area (Å²) in [5.74, 6) is 0.246. The molecule has 3 atom stereocenters. The van der Waals surface area contributed by atoms with Crippen molar-refractivity contribution in [3.8, 4) is 0 Å². The van der Waals surface area contributed by atoms with Crippen LogP contribution in [0.3, 0.4) is 0 Å². The Balaban J connectivity index is 1.46. The number of guanidine groups is 1. The topological polar surface area (TPSA) is 74.8 Å². The molecule has 1 amide bonds. The van der Waals surface area contributed by atoms with Crippen LogP contribution in [0.2, 0.25) is 0 Å². The molecule has 2 heterocycles. The maximum absolute atomic E-state index is 12.6. The lowest BCUT2D eigenvalue weighted by Crippen LogP contribution is -2.47. The largest absolute Gasteiger partial charge is 0.416 e. The van der Waals surface area contributed by atoms with Crippen LogP contribution < -0.4 is 16.0 Å². The van der Waals surface area contributed by atoms with Crippen LogP contribution in [-0.4, -0.2) is 49.8 Å². The van der Waals surface area contributed by atoms with Gasteiger partial charge in [-0.3, -0.25) is 9.79 Å². The van der Waals surface area contributed by atoms with Crippen molar-refractivity contribution in [3.05, 3.63) is 35.4 Å². The third-order valence-corrected chi connectivity index (χ3v) is 4.91. The van der Waals surface area contributed by atoms with E-state index in [0.717, 1.165) is 31.4 Å². The van der Waals surface area contributed by atoms with Gasteiger partial charge in [0.15, 0.2) is 5.96 Å². The first kappa shape index (κ1) is 20.4. The molecule has 0 aliphatic carbocycles. The van der Waals surface area contributed by atoms with Crippen LogP contribution in [0.25, 0.3) is 0 Å². The molecular weight excluding hydrogens is 373 g/mol. The van der Waals surface area contributed by atoms with E-state index in [1.165, 1.54) is 12.1 Å². The Bertz CT molecular complexity index is 706. The molecular formula is C19H25F3N4O2. The van der Waals surface area contributed by atoms with Crippen LogP contribution >= 0.6 is 0 Å². The predicted molar refractivity (Wildman–Crippen MR) is 99.2 cm³/mol. The molecule has 0 saturated carbocycles. The number of nitrogens with zero attached hydrogens (tertiary/aromatic N) is 1. The molecule has 2 fully saturated rings. The van der Waals surface area contributed by atoms with Crippen LogP contribution in [-0.2, 0) is 10.9 Å². The van der Waals surface area contributed by atoms with E-state index in [1.807, 2.05) is 6.92 Å². The van der Waals surface area contributed by atoms with Gasteiger partial charge in [-0.15, -0.1) is 0 Å². The van der Waals surface area contributed by atoms with E-state index in [-0.39, 0.29) is 24.3 Å². The fraction of sp³-hybridized carbons (Fsp3) is 0.579. The third kappa shape index (κ3) is 5.15. The number of carbonyl (C=O) groups is 1. The second-order valence-corrected chi connectivity index (χ2v) is 6.95. The minimum atomic E-state index is -4.41. The summed E-state index contributed by atoms with van der Waals surface area (Å²) >= 11 is 0. The number of carbonyl (C=O) groups excluding carboxylic acids is 1. The zero-order chi connectivity index (χ0) is 20.1. The molecule has 28 heavy (non-hydrogen) atoms. The summed E-state index contributed by atoms with van der Waals surface area (Å²) in [4.78, 5) is 16.5. The molecule has 1 aromatic rings. The normalized spacial score (nSPS) is 24.3. The van der Waals surface area contributed by atoms with Crippen LogP contribution in [0.5, 0.6) is 0 Å². The van der Waals surface area contributed by atoms with Gasteiger partial charge in [-0.1, -0.05) is 0 Å². The molecule has 9 heteroatoms. The van der Waals surface area contributed by atoms with E-state index in [0.29, 0.717) is 25.2 Å². The monoisotopic (exact) mass is 398 g/mol. The molecule has 2 aliphatic rings. The van der Waals surface area contributed by atoms with E-state index in [1.54, 1.807) is 0 Å². The molecule has 0 aromatic heterocycles. The summed E-state index contributed by atoms with van der Waals surface area (Å²) in [6.45, 7) is 3.32. The number of aliphatic imine (C=N–C) groups is 1. The first-order chi connectivity index (χ1) is 13.4. The van der Waals surface area contributed by atoms with Crippen molar-refractivity contribution in [2.24, 2.45) is 4.99 Å². The standard InChI is InChI=1S/C19H25F3N4O2/c1-2-23-18(26-15-11-14-7-8-16(15)28-14)25-10-9-24-17(27)12-3-5-13(6-4-12)19(20,21)22/h3-6,14-16H,2,7-11H2,1H3,(H,24,27)(H2,23,25,26). The number of nitrogens with one attached hydrogen (secondary N) is 3. The summed E-state index contributed by atoms with van der Waals surface area (Å²) in [6.07, 6.45) is -0.693. The fourth-order valence-electron chi connectivity index (χ4n) is 3.54. The highest BCUT2D eigenvalue weighted by Crippen LogP contribution is 2.34. The summed E-state index contributed by atoms with van der Waals surface area (Å²) in [5.41, 5.74) is -0.597. The van der Waals surface area contributed by atoms with Crippen molar-refractivity contribution in [1.29, 1.82) is 0 Å². The van der Waals surface area contributed by atoms with E-state index < -0.39 is 17.6 Å². The lowest BCUT2D eigenvalue weighted by Gasteiger charge is -2.22. The van der Waals surface area contributed by atoms with E-state index >= 15 is 0 Å². The van der Waals surface area contributed by atoms with Gasteiger partial charge in [-0.25, -0.2) is 0 Å². The number of halogens is 3. The summed E-state index contributed by atoms with van der Waals surface area (Å²) < 4.78 is 43.5. The summed E-state index contributed by atoms with van der Waals surface area (Å²) in [7, 11) is 0. The quantitative estimate of drug-likeness (QED) is 0.391. The van der Waals surface area contributed by atoms with Gasteiger partial charge in [0.2, 0.25) is 0 Å². The first-order valence-corrected chi connectivity index (χ1v) is 9.52. The molecule has 6 nitrogen and oxygen atoms in total. The number of ether oxygens (including phenoxy) is 1. The zero-order valence-corrected chi connectivity index (χ0v) is 15.7. The lowest BCUT2D eigenvalue weighted by atomic mass is 9.96. The number of benzene rings is 1. The van der Waals surface area contributed by atoms with Gasteiger partial charge in [0.25, 0.3) is 5.91 Å². The van der Waals surface area contributed by atoms with Crippen molar-refractivity contribution < 1.29 is 22.7 Å². The van der Waals surface area contributed by atoms with Gasteiger partial charge in [-0.2, -0.15) is 13.2 Å². The zero-order valence-electron chi connectivity index (χ0n) is 15.7. The Morgan fingerprint density at radius 3 is 2.54 bits per heavy atom. The third-order valence-electron chi connectivity index (χ3n) is 4.91. The lowest BCUT2D eigenvalue weighted by molar-refractivity contribution is -0.137. The number of amides is 1. The number of fused-ring (bicyclic) bond motifs is 2. The number of rotatable bonds is 6. The minimum Gasteiger partial charge on any atom is -0.373 e. The number of hydrogen-bond donors (Lipinski definition) is 3. The fourth-order valence-corrected chi connectivity index (χ4v) is 3.54. The van der Waals surface area contributed by atoms with Crippen molar-refractivity contribution in [2.45, 2.75) is 50.6 Å². The van der Waals surface area contributed by atoms with Crippen molar-refractivity contribution in [1.82, 2.24) is 16.0 Å². The van der Waals surface area contributed by atoms with Crippen LogP contribution in [0, 0.1) is 0 Å². The Hall–Kier alpha value is -2.29. The average molecular weight is 398 g/mol. The van der Waals surface area contributed by atoms with Gasteiger partial charge in [-0.05, 0) is 50.5 Å². The molecule has 2 aliphatic heterocycles. The molecule has 3 rings (SSSR count). The Labute approximate surface area is 161 Å². The van der Waals surface area contributed by atoms with E-state index in [9.17, 15) is 18.0 Å². The van der Waals surface area contributed by atoms with Gasteiger partial charge in [0.1, 0.15) is 0 Å². The summed E-state index contributed by atoms with van der Waals surface area (Å²) in [5, 5.41) is 9.22. The second kappa shape index (κ2) is 8.81. The molecule has 0 radical (unpaired) electrons. The highest BCUT2D eigenvalue weighted by Gasteiger charge is 2.41. The SMILES string of the molecule is CCNC(=NCCNC(=O)c1ccc(C(F)(F)F)cc1)NC1CC2CCC1O2. The summed E-state index contributed by atoms with van der Waals surface area (Å²) in [6, 6.07) is 4.39. The molecule has 2 bridgehead atoms. The predicted octanol–water partition coefficient (Wildman–Crippen LogP) is 2.31. The Kier molecular flexibility index (Phi) is 6.43. The van der Waals surface area contributed by atoms with Crippen LogP contribution in [0.15, 0.2) is 29.3 Å². The smallest absolute Gasteiger partial charge is 0.373 e.